The van der Waals surface area contributed by atoms with Crippen LogP contribution >= 0.6 is 0 Å². The van der Waals surface area contributed by atoms with E-state index in [9.17, 15) is 18.8 Å². The first kappa shape index (κ1) is 22.1. The molecular weight excluding hydrogens is 377 g/mol. The molecule has 1 amide bonds. The van der Waals surface area contributed by atoms with Crippen molar-refractivity contribution < 1.29 is 28.2 Å². The van der Waals surface area contributed by atoms with Crippen molar-refractivity contribution in [2.24, 2.45) is 5.92 Å². The fourth-order valence-corrected chi connectivity index (χ4v) is 2.71. The van der Waals surface area contributed by atoms with E-state index in [4.69, 9.17) is 9.47 Å². The highest BCUT2D eigenvalue weighted by Crippen LogP contribution is 2.22. The van der Waals surface area contributed by atoms with E-state index in [1.807, 2.05) is 0 Å². The Bertz CT molecular complexity index is 910. The number of amides is 1. The Morgan fingerprint density at radius 3 is 2.38 bits per heavy atom. The molecule has 2 aromatic carbocycles. The van der Waals surface area contributed by atoms with Crippen LogP contribution in [-0.2, 0) is 16.1 Å². The SMILES string of the molecule is COc1ccc(C(C)=O)cc1COC(=O)[C@@H](NC(=O)c1ccccc1F)C(C)C. The molecule has 0 saturated heterocycles. The molecule has 2 rings (SSSR count). The zero-order valence-corrected chi connectivity index (χ0v) is 16.8. The molecule has 1 atom stereocenters. The average Bonchev–Trinajstić information content (AvgIpc) is 2.69. The number of ketones is 1. The first-order valence-corrected chi connectivity index (χ1v) is 9.14. The van der Waals surface area contributed by atoms with E-state index in [0.29, 0.717) is 16.9 Å². The van der Waals surface area contributed by atoms with Crippen LogP contribution < -0.4 is 10.1 Å². The van der Waals surface area contributed by atoms with E-state index >= 15 is 0 Å². The number of hydrogen-bond donors (Lipinski definition) is 1. The van der Waals surface area contributed by atoms with Gasteiger partial charge in [-0.3, -0.25) is 9.59 Å². The Kier molecular flexibility index (Phi) is 7.47. The second-order valence-electron chi connectivity index (χ2n) is 6.87. The summed E-state index contributed by atoms with van der Waals surface area (Å²) in [4.78, 5) is 36.5. The number of carbonyl (C=O) groups excluding carboxylic acids is 3. The Morgan fingerprint density at radius 1 is 1.10 bits per heavy atom. The van der Waals surface area contributed by atoms with Crippen LogP contribution in [0.5, 0.6) is 5.75 Å². The number of carbonyl (C=O) groups is 3. The first-order valence-electron chi connectivity index (χ1n) is 9.14. The third-order valence-corrected chi connectivity index (χ3v) is 4.38. The molecule has 0 fully saturated rings. The minimum Gasteiger partial charge on any atom is -0.496 e. The Balaban J connectivity index is 2.12. The van der Waals surface area contributed by atoms with Crippen LogP contribution in [0.25, 0.3) is 0 Å². The van der Waals surface area contributed by atoms with Crippen molar-refractivity contribution in [3.63, 3.8) is 0 Å². The molecular formula is C22H24FNO5. The van der Waals surface area contributed by atoms with Crippen LogP contribution in [0.1, 0.15) is 47.1 Å². The van der Waals surface area contributed by atoms with Gasteiger partial charge in [-0.2, -0.15) is 0 Å². The van der Waals surface area contributed by atoms with Gasteiger partial charge in [-0.05, 0) is 43.2 Å². The number of nitrogens with one attached hydrogen (secondary N) is 1. The minimum absolute atomic E-state index is 0.127. The number of ether oxygens (including phenoxy) is 2. The number of benzene rings is 2. The molecule has 2 aromatic rings. The van der Waals surface area contributed by atoms with Crippen molar-refractivity contribution >= 4 is 17.7 Å². The summed E-state index contributed by atoms with van der Waals surface area (Å²) >= 11 is 0. The second-order valence-corrected chi connectivity index (χ2v) is 6.87. The molecule has 1 N–H and O–H groups in total. The lowest BCUT2D eigenvalue weighted by Crippen LogP contribution is -2.45. The lowest BCUT2D eigenvalue weighted by atomic mass is 10.0. The highest BCUT2D eigenvalue weighted by Gasteiger charge is 2.27. The number of Topliss-reactive ketones (excluding diaryl/α,β-unsaturated/α-hetero) is 1. The van der Waals surface area contributed by atoms with Crippen LogP contribution in [0.2, 0.25) is 0 Å². The predicted octanol–water partition coefficient (Wildman–Crippen LogP) is 3.53. The third-order valence-electron chi connectivity index (χ3n) is 4.38. The highest BCUT2D eigenvalue weighted by molar-refractivity contribution is 5.97. The Hall–Kier alpha value is -3.22. The van der Waals surface area contributed by atoms with Gasteiger partial charge in [-0.15, -0.1) is 0 Å². The molecule has 0 spiro atoms. The van der Waals surface area contributed by atoms with Crippen LogP contribution in [0, 0.1) is 11.7 Å². The molecule has 0 bridgehead atoms. The van der Waals surface area contributed by atoms with E-state index in [1.54, 1.807) is 32.0 Å². The maximum atomic E-state index is 13.8. The van der Waals surface area contributed by atoms with Gasteiger partial charge in [0.15, 0.2) is 5.78 Å². The molecule has 0 radical (unpaired) electrons. The maximum Gasteiger partial charge on any atom is 0.329 e. The van der Waals surface area contributed by atoms with Gasteiger partial charge < -0.3 is 14.8 Å². The van der Waals surface area contributed by atoms with E-state index < -0.39 is 23.7 Å². The van der Waals surface area contributed by atoms with Crippen LogP contribution in [0.3, 0.4) is 0 Å². The van der Waals surface area contributed by atoms with Crippen LogP contribution in [-0.4, -0.2) is 30.8 Å². The van der Waals surface area contributed by atoms with Crippen molar-refractivity contribution in [3.8, 4) is 5.75 Å². The van der Waals surface area contributed by atoms with E-state index in [-0.39, 0.29) is 23.9 Å². The monoisotopic (exact) mass is 401 g/mol. The topological polar surface area (TPSA) is 81.7 Å². The van der Waals surface area contributed by atoms with Gasteiger partial charge in [0.2, 0.25) is 0 Å². The van der Waals surface area contributed by atoms with Crippen molar-refractivity contribution in [2.75, 3.05) is 7.11 Å². The molecule has 0 unspecified atom stereocenters. The normalized spacial score (nSPS) is 11.7. The van der Waals surface area contributed by atoms with Crippen molar-refractivity contribution in [3.05, 3.63) is 65.0 Å². The van der Waals surface area contributed by atoms with Crippen molar-refractivity contribution in [1.29, 1.82) is 0 Å². The summed E-state index contributed by atoms with van der Waals surface area (Å²) < 4.78 is 24.4. The van der Waals surface area contributed by atoms with Gasteiger partial charge in [0.25, 0.3) is 5.91 Å². The molecule has 6 nitrogen and oxygen atoms in total. The fourth-order valence-electron chi connectivity index (χ4n) is 2.71. The van der Waals surface area contributed by atoms with Gasteiger partial charge in [-0.25, -0.2) is 9.18 Å². The number of methoxy groups -OCH3 is 1. The summed E-state index contributed by atoms with van der Waals surface area (Å²) in [5, 5.41) is 2.53. The quantitative estimate of drug-likeness (QED) is 0.541. The zero-order valence-electron chi connectivity index (χ0n) is 16.8. The summed E-state index contributed by atoms with van der Waals surface area (Å²) in [6.07, 6.45) is 0. The van der Waals surface area contributed by atoms with E-state index in [0.717, 1.165) is 0 Å². The summed E-state index contributed by atoms with van der Waals surface area (Å²) in [6, 6.07) is 9.40. The maximum absolute atomic E-state index is 13.8. The molecule has 0 aliphatic carbocycles. The molecule has 29 heavy (non-hydrogen) atoms. The summed E-state index contributed by atoms with van der Waals surface area (Å²) in [7, 11) is 1.47. The van der Waals surface area contributed by atoms with Crippen molar-refractivity contribution in [1.82, 2.24) is 5.32 Å². The smallest absolute Gasteiger partial charge is 0.329 e. The Labute approximate surface area is 169 Å². The number of rotatable bonds is 8. The molecule has 0 heterocycles. The number of hydrogen-bond acceptors (Lipinski definition) is 5. The lowest BCUT2D eigenvalue weighted by Gasteiger charge is -2.21. The second kappa shape index (κ2) is 9.82. The van der Waals surface area contributed by atoms with Gasteiger partial charge in [-0.1, -0.05) is 26.0 Å². The van der Waals surface area contributed by atoms with Gasteiger partial charge >= 0.3 is 5.97 Å². The average molecular weight is 401 g/mol. The highest BCUT2D eigenvalue weighted by atomic mass is 19.1. The van der Waals surface area contributed by atoms with Crippen molar-refractivity contribution in [2.45, 2.75) is 33.4 Å². The number of halogens is 1. The first-order chi connectivity index (χ1) is 13.7. The molecule has 154 valence electrons. The Morgan fingerprint density at radius 2 is 1.79 bits per heavy atom. The summed E-state index contributed by atoms with van der Waals surface area (Å²) in [5.41, 5.74) is 0.836. The molecule has 0 aromatic heterocycles. The minimum atomic E-state index is -0.968. The lowest BCUT2D eigenvalue weighted by molar-refractivity contribution is -0.148. The molecule has 0 saturated carbocycles. The van der Waals surface area contributed by atoms with Gasteiger partial charge in [0.05, 0.1) is 12.7 Å². The van der Waals surface area contributed by atoms with E-state index in [1.165, 1.54) is 38.3 Å². The van der Waals surface area contributed by atoms with Crippen LogP contribution in [0.4, 0.5) is 4.39 Å². The third kappa shape index (κ3) is 5.63. The summed E-state index contributed by atoms with van der Waals surface area (Å²) in [5.74, 6) is -1.98. The standard InChI is InChI=1S/C22H24FNO5/c1-13(2)20(24-21(26)17-7-5-6-8-18(17)23)22(27)29-12-16-11-15(14(3)25)9-10-19(16)28-4/h5-11,13,20H,12H2,1-4H3,(H,24,26)/t20-/m0/s1. The van der Waals surface area contributed by atoms with Gasteiger partial charge in [0, 0.05) is 11.1 Å². The predicted molar refractivity (Wildman–Crippen MR) is 105 cm³/mol. The molecule has 0 aliphatic heterocycles. The van der Waals surface area contributed by atoms with E-state index in [2.05, 4.69) is 5.32 Å². The molecule has 0 aliphatic rings. The van der Waals surface area contributed by atoms with Gasteiger partial charge in [0.1, 0.15) is 24.2 Å². The zero-order chi connectivity index (χ0) is 21.6. The fraction of sp³-hybridized carbons (Fsp3) is 0.318. The summed E-state index contributed by atoms with van der Waals surface area (Å²) in [6.45, 7) is 4.78. The molecule has 7 heteroatoms. The number of esters is 1. The van der Waals surface area contributed by atoms with Crippen LogP contribution in [0.15, 0.2) is 42.5 Å². The largest absolute Gasteiger partial charge is 0.496 e.